The van der Waals surface area contributed by atoms with Gasteiger partial charge in [0.25, 0.3) is 0 Å². The molecule has 29 heavy (non-hydrogen) atoms. The van der Waals surface area contributed by atoms with E-state index in [1.807, 2.05) is 45.1 Å². The highest BCUT2D eigenvalue weighted by molar-refractivity contribution is 5.99. The topological polar surface area (TPSA) is 90.4 Å². The van der Waals surface area contributed by atoms with Gasteiger partial charge >= 0.3 is 0 Å². The van der Waals surface area contributed by atoms with E-state index < -0.39 is 35.1 Å². The first-order valence-electron chi connectivity index (χ1n) is 10.1. The van der Waals surface area contributed by atoms with Crippen LogP contribution >= 0.6 is 0 Å². The number of aliphatic hydroxyl groups excluding tert-OH is 1. The van der Waals surface area contributed by atoms with Crippen LogP contribution in [-0.2, 0) is 19.1 Å². The minimum Gasteiger partial charge on any atom is -0.395 e. The lowest BCUT2D eigenvalue weighted by atomic mass is 9.77. The summed E-state index contributed by atoms with van der Waals surface area (Å²) in [5.74, 6) is -2.15. The minimum absolute atomic E-state index is 0.0277. The number of amides is 3. The summed E-state index contributed by atoms with van der Waals surface area (Å²) in [5, 5.41) is 9.59. The highest BCUT2D eigenvalue weighted by atomic mass is 16.5. The molecule has 3 amide bonds. The number of hydrogen-bond acceptors (Lipinski definition) is 5. The number of β-amino-alcohol motifs (C(OH)–C–C–N with tert-alkyl or cyclic N) is 1. The fourth-order valence-electron chi connectivity index (χ4n) is 5.21. The Bertz CT molecular complexity index is 801. The maximum atomic E-state index is 13.7. The summed E-state index contributed by atoms with van der Waals surface area (Å²) in [7, 11) is 1.71. The number of likely N-dealkylation sites (N-methyl/N-ethyl adjacent to an activating group) is 1. The average Bonchev–Trinajstić information content (AvgIpc) is 2.94. The third kappa shape index (κ3) is 2.76. The van der Waals surface area contributed by atoms with Gasteiger partial charge in [-0.1, -0.05) is 24.3 Å². The standard InChI is InChI=1S/C21H29N3O5/c1-20(2,3)24-10-6-8-21-15(18(27)23(11-12-25)16(21)19(24)28)14-13(29-21)7-5-9-22(4)17(14)26/h5-8,13-16,25H,9-12H2,1-4H3/t13-,14+,15-,16?,21-/m0/s1. The van der Waals surface area contributed by atoms with Gasteiger partial charge in [-0.25, -0.2) is 0 Å². The number of carbonyl (C=O) groups is 3. The zero-order valence-electron chi connectivity index (χ0n) is 17.4. The molecule has 2 saturated heterocycles. The highest BCUT2D eigenvalue weighted by Crippen LogP contribution is 2.53. The molecule has 8 heteroatoms. The van der Waals surface area contributed by atoms with Crippen molar-refractivity contribution in [1.29, 1.82) is 0 Å². The van der Waals surface area contributed by atoms with Gasteiger partial charge in [0.15, 0.2) is 0 Å². The lowest BCUT2D eigenvalue weighted by molar-refractivity contribution is -0.151. The lowest BCUT2D eigenvalue weighted by Crippen LogP contribution is -2.59. The SMILES string of the molecule is CN1CC=C[C@@H]2O[C@]34C=CCN(C(C)(C)C)C(=O)C3N(CCO)C(=O)[C@@H]4[C@@H]2C1=O. The van der Waals surface area contributed by atoms with E-state index in [4.69, 9.17) is 4.74 Å². The van der Waals surface area contributed by atoms with Crippen molar-refractivity contribution in [2.75, 3.05) is 33.3 Å². The molecule has 1 spiro atoms. The molecular weight excluding hydrogens is 374 g/mol. The van der Waals surface area contributed by atoms with Crippen molar-refractivity contribution in [1.82, 2.24) is 14.7 Å². The summed E-state index contributed by atoms with van der Waals surface area (Å²) in [6, 6.07) is -0.899. The molecule has 2 fully saturated rings. The van der Waals surface area contributed by atoms with E-state index in [1.165, 1.54) is 4.90 Å². The van der Waals surface area contributed by atoms with Crippen molar-refractivity contribution < 1.29 is 24.2 Å². The number of rotatable bonds is 2. The summed E-state index contributed by atoms with van der Waals surface area (Å²) < 4.78 is 6.43. The number of aliphatic hydroxyl groups is 1. The smallest absolute Gasteiger partial charge is 0.249 e. The molecule has 1 unspecified atom stereocenters. The third-order valence-corrected chi connectivity index (χ3v) is 6.51. The second-order valence-corrected chi connectivity index (χ2v) is 9.27. The van der Waals surface area contributed by atoms with Crippen LogP contribution in [-0.4, -0.2) is 94.1 Å². The summed E-state index contributed by atoms with van der Waals surface area (Å²) >= 11 is 0. The summed E-state index contributed by atoms with van der Waals surface area (Å²) in [4.78, 5) is 45.0. The van der Waals surface area contributed by atoms with E-state index in [1.54, 1.807) is 16.8 Å². The zero-order chi connectivity index (χ0) is 21.1. The van der Waals surface area contributed by atoms with Gasteiger partial charge in [-0.2, -0.15) is 0 Å². The van der Waals surface area contributed by atoms with Crippen LogP contribution in [0.15, 0.2) is 24.3 Å². The Hall–Kier alpha value is -2.19. The molecule has 0 radical (unpaired) electrons. The van der Waals surface area contributed by atoms with Crippen molar-refractivity contribution in [2.45, 2.75) is 44.1 Å². The Balaban J connectivity index is 1.86. The molecular formula is C21H29N3O5. The Labute approximate surface area is 170 Å². The van der Waals surface area contributed by atoms with E-state index in [-0.39, 0.29) is 30.9 Å². The second kappa shape index (κ2) is 6.67. The predicted molar refractivity (Wildman–Crippen MR) is 105 cm³/mol. The molecule has 4 heterocycles. The van der Waals surface area contributed by atoms with Crippen molar-refractivity contribution in [3.63, 3.8) is 0 Å². The highest BCUT2D eigenvalue weighted by Gasteiger charge is 2.71. The lowest BCUT2D eigenvalue weighted by Gasteiger charge is -2.40. The molecule has 5 atom stereocenters. The first-order valence-corrected chi connectivity index (χ1v) is 10.1. The zero-order valence-corrected chi connectivity index (χ0v) is 17.4. The van der Waals surface area contributed by atoms with Crippen molar-refractivity contribution >= 4 is 17.7 Å². The molecule has 0 saturated carbocycles. The molecule has 0 aromatic rings. The summed E-state index contributed by atoms with van der Waals surface area (Å²) in [6.45, 7) is 6.46. The monoisotopic (exact) mass is 403 g/mol. The van der Waals surface area contributed by atoms with E-state index in [2.05, 4.69) is 0 Å². The third-order valence-electron chi connectivity index (χ3n) is 6.51. The number of carbonyl (C=O) groups excluding carboxylic acids is 3. The number of fused-ring (bicyclic) bond motifs is 2. The minimum atomic E-state index is -1.21. The van der Waals surface area contributed by atoms with Gasteiger partial charge in [-0.05, 0) is 20.8 Å². The van der Waals surface area contributed by atoms with E-state index in [0.29, 0.717) is 13.1 Å². The average molecular weight is 403 g/mol. The fourth-order valence-corrected chi connectivity index (χ4v) is 5.21. The molecule has 8 nitrogen and oxygen atoms in total. The Morgan fingerprint density at radius 2 is 1.86 bits per heavy atom. The molecule has 158 valence electrons. The number of ether oxygens (including phenoxy) is 1. The fraction of sp³-hybridized carbons (Fsp3) is 0.667. The Morgan fingerprint density at radius 1 is 1.14 bits per heavy atom. The van der Waals surface area contributed by atoms with Crippen LogP contribution in [0.25, 0.3) is 0 Å². The van der Waals surface area contributed by atoms with Crippen molar-refractivity contribution in [3.8, 4) is 0 Å². The molecule has 4 rings (SSSR count). The molecule has 1 N–H and O–H groups in total. The van der Waals surface area contributed by atoms with Gasteiger partial charge in [0.2, 0.25) is 17.7 Å². The number of hydrogen-bond donors (Lipinski definition) is 1. The summed E-state index contributed by atoms with van der Waals surface area (Å²) in [5.41, 5.74) is -1.66. The van der Waals surface area contributed by atoms with Crippen molar-refractivity contribution in [3.05, 3.63) is 24.3 Å². The van der Waals surface area contributed by atoms with Crippen LogP contribution in [0.4, 0.5) is 0 Å². The van der Waals surface area contributed by atoms with Gasteiger partial charge < -0.3 is 24.5 Å². The van der Waals surface area contributed by atoms with E-state index >= 15 is 0 Å². The first-order chi connectivity index (χ1) is 13.6. The molecule has 0 aromatic carbocycles. The molecule has 4 aliphatic rings. The van der Waals surface area contributed by atoms with Gasteiger partial charge in [0, 0.05) is 32.2 Å². The van der Waals surface area contributed by atoms with Crippen LogP contribution in [0.3, 0.4) is 0 Å². The quantitative estimate of drug-likeness (QED) is 0.644. The summed E-state index contributed by atoms with van der Waals surface area (Å²) in [6.07, 6.45) is 6.84. The molecule has 0 bridgehead atoms. The van der Waals surface area contributed by atoms with Gasteiger partial charge in [-0.15, -0.1) is 0 Å². The Kier molecular flexibility index (Phi) is 4.62. The maximum absolute atomic E-state index is 13.7. The van der Waals surface area contributed by atoms with E-state index in [9.17, 15) is 19.5 Å². The molecule has 0 aromatic heterocycles. The van der Waals surface area contributed by atoms with Crippen LogP contribution in [0.2, 0.25) is 0 Å². The second-order valence-electron chi connectivity index (χ2n) is 9.27. The number of likely N-dealkylation sites (tertiary alicyclic amines) is 1. The largest absolute Gasteiger partial charge is 0.395 e. The van der Waals surface area contributed by atoms with Gasteiger partial charge in [0.1, 0.15) is 11.6 Å². The van der Waals surface area contributed by atoms with Gasteiger partial charge in [-0.3, -0.25) is 14.4 Å². The molecule has 4 aliphatic heterocycles. The van der Waals surface area contributed by atoms with Crippen LogP contribution < -0.4 is 0 Å². The number of nitrogens with zero attached hydrogens (tertiary/aromatic N) is 3. The van der Waals surface area contributed by atoms with Gasteiger partial charge in [0.05, 0.1) is 24.5 Å². The predicted octanol–water partition coefficient (Wildman–Crippen LogP) is -0.215. The van der Waals surface area contributed by atoms with E-state index in [0.717, 1.165) is 0 Å². The van der Waals surface area contributed by atoms with Crippen LogP contribution in [0.1, 0.15) is 20.8 Å². The van der Waals surface area contributed by atoms with Crippen LogP contribution in [0.5, 0.6) is 0 Å². The first kappa shape index (κ1) is 20.1. The molecule has 0 aliphatic carbocycles. The van der Waals surface area contributed by atoms with Crippen LogP contribution in [0, 0.1) is 11.8 Å². The maximum Gasteiger partial charge on any atom is 0.249 e. The Morgan fingerprint density at radius 3 is 2.52 bits per heavy atom. The normalized spacial score (nSPS) is 36.9. The van der Waals surface area contributed by atoms with Crippen molar-refractivity contribution in [2.24, 2.45) is 11.8 Å².